The first-order valence-electron chi connectivity index (χ1n) is 6.54. The van der Waals surface area contributed by atoms with Gasteiger partial charge in [-0.3, -0.25) is 24.1 Å². The van der Waals surface area contributed by atoms with Crippen LogP contribution in [0.3, 0.4) is 0 Å². The molecule has 6 nitrogen and oxygen atoms in total. The molecular formula is C15H16N2O4. The molecule has 21 heavy (non-hydrogen) atoms. The minimum Gasteiger partial charge on any atom is -0.304 e. The van der Waals surface area contributed by atoms with Gasteiger partial charge in [-0.25, -0.2) is 0 Å². The van der Waals surface area contributed by atoms with Gasteiger partial charge in [-0.2, -0.15) is 0 Å². The van der Waals surface area contributed by atoms with Crippen molar-refractivity contribution in [1.29, 1.82) is 0 Å². The summed E-state index contributed by atoms with van der Waals surface area (Å²) in [5.74, 6) is -1.15. The van der Waals surface area contributed by atoms with Crippen LogP contribution in [-0.2, 0) is 20.9 Å². The Morgan fingerprint density at radius 2 is 1.76 bits per heavy atom. The number of ketones is 1. The number of carbonyl (C=O) groups is 4. The highest BCUT2D eigenvalue weighted by molar-refractivity contribution is 6.16. The fourth-order valence-electron chi connectivity index (χ4n) is 2.47. The van der Waals surface area contributed by atoms with E-state index in [0.29, 0.717) is 16.8 Å². The van der Waals surface area contributed by atoms with Crippen LogP contribution in [0.25, 0.3) is 0 Å². The first kappa shape index (κ1) is 14.9. The van der Waals surface area contributed by atoms with E-state index >= 15 is 0 Å². The molecule has 1 aliphatic heterocycles. The number of nitrogens with zero attached hydrogens (tertiary/aromatic N) is 2. The lowest BCUT2D eigenvalue weighted by molar-refractivity contribution is -0.142. The first-order chi connectivity index (χ1) is 9.82. The van der Waals surface area contributed by atoms with Crippen LogP contribution in [0.15, 0.2) is 18.2 Å². The molecule has 6 heteroatoms. The van der Waals surface area contributed by atoms with Crippen LogP contribution in [0.2, 0.25) is 0 Å². The van der Waals surface area contributed by atoms with Gasteiger partial charge in [-0.15, -0.1) is 0 Å². The number of rotatable bonds is 2. The molecule has 1 aromatic carbocycles. The number of benzene rings is 1. The predicted octanol–water partition coefficient (Wildman–Crippen LogP) is 1.13. The number of anilines is 1. The third-order valence-corrected chi connectivity index (χ3v) is 3.47. The lowest BCUT2D eigenvalue weighted by Gasteiger charge is -2.19. The zero-order chi connectivity index (χ0) is 15.7. The molecule has 0 bridgehead atoms. The van der Waals surface area contributed by atoms with Crippen molar-refractivity contribution in [3.63, 3.8) is 0 Å². The number of carbonyl (C=O) groups excluding carboxylic acids is 4. The molecule has 3 amide bonds. The van der Waals surface area contributed by atoms with Crippen molar-refractivity contribution in [1.82, 2.24) is 4.90 Å². The summed E-state index contributed by atoms with van der Waals surface area (Å²) in [5, 5.41) is 0. The molecule has 2 rings (SSSR count). The van der Waals surface area contributed by atoms with Gasteiger partial charge < -0.3 is 4.90 Å². The van der Waals surface area contributed by atoms with E-state index in [9.17, 15) is 19.2 Å². The lowest BCUT2D eigenvalue weighted by Crippen LogP contribution is -2.33. The molecule has 0 aromatic heterocycles. The van der Waals surface area contributed by atoms with Crippen molar-refractivity contribution in [2.24, 2.45) is 0 Å². The van der Waals surface area contributed by atoms with Gasteiger partial charge >= 0.3 is 0 Å². The Labute approximate surface area is 122 Å². The molecule has 0 saturated carbocycles. The molecule has 1 aromatic rings. The Morgan fingerprint density at radius 3 is 2.29 bits per heavy atom. The highest BCUT2D eigenvalue weighted by Crippen LogP contribution is 2.31. The minimum absolute atomic E-state index is 0.00181. The third kappa shape index (κ3) is 2.69. The molecule has 0 saturated heterocycles. The van der Waals surface area contributed by atoms with E-state index in [4.69, 9.17) is 0 Å². The lowest BCUT2D eigenvalue weighted by atomic mass is 10.0. The van der Waals surface area contributed by atoms with E-state index < -0.39 is 0 Å². The summed E-state index contributed by atoms with van der Waals surface area (Å²) in [6, 6.07) is 5.09. The van der Waals surface area contributed by atoms with Crippen LogP contribution in [0.5, 0.6) is 0 Å². The average molecular weight is 288 g/mol. The van der Waals surface area contributed by atoms with Gasteiger partial charge in [-0.1, -0.05) is 12.1 Å². The summed E-state index contributed by atoms with van der Waals surface area (Å²) >= 11 is 0. The fraction of sp³-hybridized carbons (Fsp3) is 0.333. The monoisotopic (exact) mass is 288 g/mol. The summed E-state index contributed by atoms with van der Waals surface area (Å²) in [7, 11) is 0. The Kier molecular flexibility index (Phi) is 3.88. The van der Waals surface area contributed by atoms with E-state index in [0.717, 1.165) is 4.90 Å². The normalized spacial score (nSPS) is 13.1. The Balaban J connectivity index is 2.44. The van der Waals surface area contributed by atoms with E-state index in [-0.39, 0.29) is 36.6 Å². The molecule has 0 atom stereocenters. The minimum atomic E-state index is -0.381. The van der Waals surface area contributed by atoms with Gasteiger partial charge in [0, 0.05) is 26.3 Å². The summed E-state index contributed by atoms with van der Waals surface area (Å²) in [6.07, 6.45) is 0. The zero-order valence-corrected chi connectivity index (χ0v) is 12.2. The smallest absolute Gasteiger partial charge is 0.226 e. The molecule has 0 radical (unpaired) electrons. The number of fused-ring (bicyclic) bond motifs is 1. The number of hydrogen-bond donors (Lipinski definition) is 0. The Morgan fingerprint density at radius 1 is 1.14 bits per heavy atom. The molecular weight excluding hydrogens is 272 g/mol. The third-order valence-electron chi connectivity index (χ3n) is 3.47. The van der Waals surface area contributed by atoms with Gasteiger partial charge in [-0.05, 0) is 11.6 Å². The van der Waals surface area contributed by atoms with E-state index in [1.165, 1.54) is 25.7 Å². The van der Waals surface area contributed by atoms with E-state index in [1.807, 2.05) is 0 Å². The van der Waals surface area contributed by atoms with Crippen LogP contribution < -0.4 is 4.90 Å². The number of Topliss-reactive ketones (excluding diaryl/α,β-unsaturated/α-hetero) is 1. The largest absolute Gasteiger partial charge is 0.304 e. The second kappa shape index (κ2) is 5.47. The standard InChI is InChI=1S/C15H16N2O4/c1-9(18)16(10(2)19)7-12-5-4-6-13-15(12)14(21)8-17(13)11(3)20/h4-6H,7-8H2,1-3H3. The predicted molar refractivity (Wildman–Crippen MR) is 75.7 cm³/mol. The van der Waals surface area contributed by atoms with Gasteiger partial charge in [0.1, 0.15) is 0 Å². The van der Waals surface area contributed by atoms with Crippen molar-refractivity contribution in [2.45, 2.75) is 27.3 Å². The number of imide groups is 1. The van der Waals surface area contributed by atoms with Crippen LogP contribution in [-0.4, -0.2) is 34.9 Å². The quantitative estimate of drug-likeness (QED) is 0.817. The van der Waals surface area contributed by atoms with Gasteiger partial charge in [0.2, 0.25) is 17.7 Å². The molecule has 1 aliphatic rings. The molecule has 0 spiro atoms. The van der Waals surface area contributed by atoms with E-state index in [1.54, 1.807) is 18.2 Å². The maximum absolute atomic E-state index is 12.1. The molecule has 110 valence electrons. The highest BCUT2D eigenvalue weighted by atomic mass is 16.2. The molecule has 1 heterocycles. The van der Waals surface area contributed by atoms with Gasteiger partial charge in [0.15, 0.2) is 5.78 Å². The molecule has 0 aliphatic carbocycles. The van der Waals surface area contributed by atoms with Crippen LogP contribution >= 0.6 is 0 Å². The summed E-state index contributed by atoms with van der Waals surface area (Å²) in [6.45, 7) is 4.03. The van der Waals surface area contributed by atoms with Crippen LogP contribution in [0.1, 0.15) is 36.7 Å². The summed E-state index contributed by atoms with van der Waals surface area (Å²) in [4.78, 5) is 49.2. The molecule has 0 fully saturated rings. The SMILES string of the molecule is CC(=O)N(Cc1cccc2c1C(=O)CN2C(C)=O)C(C)=O. The van der Waals surface area contributed by atoms with Crippen molar-refractivity contribution in [2.75, 3.05) is 11.4 Å². The Hall–Kier alpha value is -2.50. The van der Waals surface area contributed by atoms with Crippen LogP contribution in [0.4, 0.5) is 5.69 Å². The first-order valence-corrected chi connectivity index (χ1v) is 6.54. The second-order valence-corrected chi connectivity index (χ2v) is 4.96. The Bertz CT molecular complexity index is 637. The maximum Gasteiger partial charge on any atom is 0.226 e. The molecule has 0 unspecified atom stereocenters. The van der Waals surface area contributed by atoms with Crippen molar-refractivity contribution in [3.8, 4) is 0 Å². The van der Waals surface area contributed by atoms with Crippen LogP contribution in [0, 0.1) is 0 Å². The van der Waals surface area contributed by atoms with Crippen molar-refractivity contribution >= 4 is 29.2 Å². The average Bonchev–Trinajstić information content (AvgIpc) is 2.73. The number of hydrogen-bond acceptors (Lipinski definition) is 4. The molecule has 0 N–H and O–H groups in total. The van der Waals surface area contributed by atoms with Gasteiger partial charge in [0.25, 0.3) is 0 Å². The maximum atomic E-state index is 12.1. The van der Waals surface area contributed by atoms with Gasteiger partial charge in [0.05, 0.1) is 18.8 Å². The second-order valence-electron chi connectivity index (χ2n) is 4.96. The van der Waals surface area contributed by atoms with E-state index in [2.05, 4.69) is 0 Å². The highest BCUT2D eigenvalue weighted by Gasteiger charge is 2.32. The topological polar surface area (TPSA) is 74.8 Å². The van der Waals surface area contributed by atoms with Crippen molar-refractivity contribution in [3.05, 3.63) is 29.3 Å². The van der Waals surface area contributed by atoms with Crippen molar-refractivity contribution < 1.29 is 19.2 Å². The fourth-order valence-corrected chi connectivity index (χ4v) is 2.47. The number of amides is 3. The summed E-state index contributed by atoms with van der Waals surface area (Å²) in [5.41, 5.74) is 1.53. The zero-order valence-electron chi connectivity index (χ0n) is 12.2. The summed E-state index contributed by atoms with van der Waals surface area (Å²) < 4.78 is 0.